The monoisotopic (exact) mass is 553 g/mol. The van der Waals surface area contributed by atoms with Crippen LogP contribution < -0.4 is 10.0 Å². The molecule has 5 rings (SSSR count). The summed E-state index contributed by atoms with van der Waals surface area (Å²) in [6, 6.07) is 9.69. The molecule has 2 aromatic heterocycles. The van der Waals surface area contributed by atoms with E-state index < -0.39 is 21.4 Å². The van der Waals surface area contributed by atoms with Gasteiger partial charge in [0.05, 0.1) is 22.1 Å². The number of carbonyl (C=O) groups is 2. The number of aliphatic carboxylic acids is 1. The molecule has 0 unspecified atom stereocenters. The number of benzene rings is 1. The average Bonchev–Trinajstić information content (AvgIpc) is 3.66. The lowest BCUT2D eigenvalue weighted by Crippen LogP contribution is -2.38. The molecule has 0 bridgehead atoms. The van der Waals surface area contributed by atoms with Crippen LogP contribution in [0.1, 0.15) is 85.0 Å². The summed E-state index contributed by atoms with van der Waals surface area (Å²) in [5, 5.41) is 12.8. The molecule has 208 valence electrons. The third-order valence-corrected chi connectivity index (χ3v) is 9.43. The minimum absolute atomic E-state index is 0.178. The van der Waals surface area contributed by atoms with Crippen molar-refractivity contribution in [2.45, 2.75) is 70.0 Å². The normalized spacial score (nSPS) is 16.7. The van der Waals surface area contributed by atoms with Crippen LogP contribution in [0.25, 0.3) is 22.4 Å². The van der Waals surface area contributed by atoms with Gasteiger partial charge in [0, 0.05) is 19.2 Å². The molecule has 10 heteroatoms. The fraction of sp³-hybridized carbons (Fsp3) is 0.483. The van der Waals surface area contributed by atoms with Crippen LogP contribution >= 0.6 is 0 Å². The summed E-state index contributed by atoms with van der Waals surface area (Å²) in [5.41, 5.74) is 3.07. The third kappa shape index (κ3) is 5.58. The molecule has 3 aromatic rings. The summed E-state index contributed by atoms with van der Waals surface area (Å²) in [7, 11) is -2.16. The second-order valence-electron chi connectivity index (χ2n) is 10.8. The topological polar surface area (TPSA) is 139 Å². The number of nitrogens with one attached hydrogen (secondary N) is 2. The van der Waals surface area contributed by atoms with E-state index in [-0.39, 0.29) is 29.8 Å². The zero-order valence-corrected chi connectivity index (χ0v) is 23.2. The minimum atomic E-state index is -3.72. The van der Waals surface area contributed by atoms with E-state index in [1.165, 1.54) is 0 Å². The first-order chi connectivity index (χ1) is 18.7. The quantitative estimate of drug-likeness (QED) is 0.275. The van der Waals surface area contributed by atoms with Gasteiger partial charge < -0.3 is 14.8 Å². The molecule has 1 aromatic carbocycles. The van der Waals surface area contributed by atoms with E-state index >= 15 is 0 Å². The van der Waals surface area contributed by atoms with Crippen molar-refractivity contribution in [2.24, 2.45) is 5.41 Å². The van der Waals surface area contributed by atoms with E-state index in [1.54, 1.807) is 7.05 Å². The summed E-state index contributed by atoms with van der Waals surface area (Å²) >= 11 is 0. The summed E-state index contributed by atoms with van der Waals surface area (Å²) in [6.45, 7) is 2.25. The Morgan fingerprint density at radius 2 is 1.90 bits per heavy atom. The molecule has 0 radical (unpaired) electrons. The summed E-state index contributed by atoms with van der Waals surface area (Å²) in [6.07, 6.45) is 5.87. The van der Waals surface area contributed by atoms with Gasteiger partial charge in [-0.1, -0.05) is 37.6 Å². The first-order valence-electron chi connectivity index (χ1n) is 13.6. The van der Waals surface area contributed by atoms with Crippen LogP contribution in [-0.2, 0) is 27.0 Å². The van der Waals surface area contributed by atoms with E-state index in [0.29, 0.717) is 48.1 Å². The minimum Gasteiger partial charge on any atom is -0.481 e. The smallest absolute Gasteiger partial charge is 0.309 e. The van der Waals surface area contributed by atoms with Crippen molar-refractivity contribution in [3.8, 4) is 11.3 Å². The van der Waals surface area contributed by atoms with Gasteiger partial charge in [-0.15, -0.1) is 0 Å². The standard InChI is InChI=1S/C29H35N3O6S/c1-3-18-6-8-20(9-7-18)25-24(26(33)30-2)22-16-21(19-10-11-19)23(32-27(22)38-25)17-39(36,37)31-15-5-14-29(28(34)35)12-4-13-29/h6-9,16,19,31H,3-5,10-15,17H2,1-2H3,(H,30,33)(H,34,35). The molecule has 2 aliphatic carbocycles. The zero-order valence-electron chi connectivity index (χ0n) is 22.4. The highest BCUT2D eigenvalue weighted by Gasteiger charge is 2.43. The number of pyridine rings is 1. The molecule has 3 N–H and O–H groups in total. The van der Waals surface area contributed by atoms with Crippen LogP contribution in [0.3, 0.4) is 0 Å². The number of nitrogens with zero attached hydrogens (tertiary/aromatic N) is 1. The lowest BCUT2D eigenvalue weighted by molar-refractivity contribution is -0.155. The zero-order chi connectivity index (χ0) is 27.8. The van der Waals surface area contributed by atoms with E-state index in [1.807, 2.05) is 30.3 Å². The van der Waals surface area contributed by atoms with Crippen LogP contribution in [-0.4, -0.2) is 44.0 Å². The number of aromatic nitrogens is 1. The van der Waals surface area contributed by atoms with Crippen molar-refractivity contribution < 1.29 is 27.5 Å². The summed E-state index contributed by atoms with van der Waals surface area (Å²) in [4.78, 5) is 29.2. The van der Waals surface area contributed by atoms with Crippen molar-refractivity contribution in [1.29, 1.82) is 0 Å². The molecule has 2 saturated carbocycles. The number of furan rings is 1. The number of sulfonamides is 1. The van der Waals surface area contributed by atoms with Gasteiger partial charge in [-0.3, -0.25) is 9.59 Å². The Morgan fingerprint density at radius 1 is 1.18 bits per heavy atom. The van der Waals surface area contributed by atoms with E-state index in [0.717, 1.165) is 42.4 Å². The van der Waals surface area contributed by atoms with Crippen LogP contribution in [0.4, 0.5) is 0 Å². The molecule has 1 amide bonds. The summed E-state index contributed by atoms with van der Waals surface area (Å²) < 4.78 is 34.8. The number of fused-ring (bicyclic) bond motifs is 1. The average molecular weight is 554 g/mol. The Hall–Kier alpha value is -3.24. The number of hydrogen-bond acceptors (Lipinski definition) is 6. The Morgan fingerprint density at radius 3 is 2.46 bits per heavy atom. The van der Waals surface area contributed by atoms with Crippen LogP contribution in [0.15, 0.2) is 34.7 Å². The van der Waals surface area contributed by atoms with Crippen molar-refractivity contribution in [3.05, 3.63) is 52.7 Å². The first kappa shape index (κ1) is 27.3. The van der Waals surface area contributed by atoms with Gasteiger partial charge in [-0.05, 0) is 68.1 Å². The Balaban J connectivity index is 1.42. The molecule has 9 nitrogen and oxygen atoms in total. The number of carboxylic acids is 1. The molecule has 2 fully saturated rings. The molecular weight excluding hydrogens is 518 g/mol. The highest BCUT2D eigenvalue weighted by molar-refractivity contribution is 7.88. The van der Waals surface area contributed by atoms with Crippen LogP contribution in [0, 0.1) is 5.41 Å². The number of carboxylic acid groups (broad SMARTS) is 1. The van der Waals surface area contributed by atoms with Crippen molar-refractivity contribution in [2.75, 3.05) is 13.6 Å². The van der Waals surface area contributed by atoms with Gasteiger partial charge in [0.1, 0.15) is 11.5 Å². The van der Waals surface area contributed by atoms with E-state index in [2.05, 4.69) is 21.9 Å². The molecule has 0 atom stereocenters. The second-order valence-corrected chi connectivity index (χ2v) is 12.6. The second kappa shape index (κ2) is 10.7. The molecule has 2 heterocycles. The maximum absolute atomic E-state index is 13.0. The summed E-state index contributed by atoms with van der Waals surface area (Å²) in [5.74, 6) is -0.795. The fourth-order valence-corrected chi connectivity index (χ4v) is 6.59. The number of aryl methyl sites for hydroxylation is 1. The largest absolute Gasteiger partial charge is 0.481 e. The lowest BCUT2D eigenvalue weighted by Gasteiger charge is -2.37. The molecule has 0 saturated heterocycles. The molecule has 39 heavy (non-hydrogen) atoms. The number of amides is 1. The number of hydrogen-bond donors (Lipinski definition) is 3. The van der Waals surface area contributed by atoms with Crippen LogP contribution in [0.2, 0.25) is 0 Å². The van der Waals surface area contributed by atoms with E-state index in [4.69, 9.17) is 4.42 Å². The number of rotatable bonds is 12. The molecule has 0 spiro atoms. The van der Waals surface area contributed by atoms with Gasteiger partial charge in [-0.25, -0.2) is 18.1 Å². The fourth-order valence-electron chi connectivity index (χ4n) is 5.44. The molecular formula is C29H35N3O6S. The molecule has 2 aliphatic rings. The van der Waals surface area contributed by atoms with E-state index in [9.17, 15) is 23.1 Å². The maximum atomic E-state index is 13.0. The lowest BCUT2D eigenvalue weighted by atomic mass is 9.66. The Bertz CT molecular complexity index is 1500. The Kier molecular flexibility index (Phi) is 7.52. The third-order valence-electron chi connectivity index (χ3n) is 8.14. The predicted molar refractivity (Wildman–Crippen MR) is 148 cm³/mol. The van der Waals surface area contributed by atoms with Gasteiger partial charge in [0.15, 0.2) is 0 Å². The van der Waals surface area contributed by atoms with Crippen molar-refractivity contribution in [1.82, 2.24) is 15.0 Å². The highest BCUT2D eigenvalue weighted by Crippen LogP contribution is 2.45. The van der Waals surface area contributed by atoms with Gasteiger partial charge in [-0.2, -0.15) is 0 Å². The first-order valence-corrected chi connectivity index (χ1v) is 15.3. The van der Waals surface area contributed by atoms with Gasteiger partial charge >= 0.3 is 5.97 Å². The van der Waals surface area contributed by atoms with Crippen molar-refractivity contribution >= 4 is 33.0 Å². The molecule has 0 aliphatic heterocycles. The van der Waals surface area contributed by atoms with Gasteiger partial charge in [0.2, 0.25) is 15.7 Å². The van der Waals surface area contributed by atoms with Crippen LogP contribution in [0.5, 0.6) is 0 Å². The van der Waals surface area contributed by atoms with Crippen molar-refractivity contribution in [3.63, 3.8) is 0 Å². The Labute approximate surface area is 228 Å². The highest BCUT2D eigenvalue weighted by atomic mass is 32.2. The van der Waals surface area contributed by atoms with Gasteiger partial charge in [0.25, 0.3) is 5.91 Å². The number of carbonyl (C=O) groups excluding carboxylic acids is 1. The predicted octanol–water partition coefficient (Wildman–Crippen LogP) is 4.75. The SMILES string of the molecule is CCc1ccc(-c2oc3nc(CS(=O)(=O)NCCCC4(C(=O)O)CCC4)c(C4CC4)cc3c2C(=O)NC)cc1. The maximum Gasteiger partial charge on any atom is 0.309 e.